The molecule has 0 bridgehead atoms. The van der Waals surface area contributed by atoms with Gasteiger partial charge in [0.15, 0.2) is 0 Å². The van der Waals surface area contributed by atoms with Gasteiger partial charge in [0.05, 0.1) is 15.6 Å². The summed E-state index contributed by atoms with van der Waals surface area (Å²) >= 11 is 12.0. The summed E-state index contributed by atoms with van der Waals surface area (Å²) in [5, 5.41) is 3.66. The Morgan fingerprint density at radius 2 is 1.90 bits per heavy atom. The summed E-state index contributed by atoms with van der Waals surface area (Å²) < 4.78 is 5.10. The minimum absolute atomic E-state index is 0.407. The average molecular weight is 314 g/mol. The Morgan fingerprint density at radius 3 is 2.45 bits per heavy atom. The van der Waals surface area contributed by atoms with Crippen LogP contribution in [0.1, 0.15) is 32.8 Å². The number of halogens is 2. The lowest BCUT2D eigenvalue weighted by Crippen LogP contribution is -2.32. The van der Waals surface area contributed by atoms with E-state index in [9.17, 15) is 4.79 Å². The molecule has 0 spiro atoms. The van der Waals surface area contributed by atoms with E-state index in [0.29, 0.717) is 28.6 Å². The summed E-state index contributed by atoms with van der Waals surface area (Å²) in [4.78, 5) is 11.4. The smallest absolute Gasteiger partial charge is 0.407 e. The topological polar surface area (TPSA) is 38.3 Å². The zero-order valence-electron chi connectivity index (χ0n) is 11.7. The van der Waals surface area contributed by atoms with Gasteiger partial charge in [-0.25, -0.2) is 4.79 Å². The first kappa shape index (κ1) is 16.7. The molecule has 0 saturated heterocycles. The van der Waals surface area contributed by atoms with E-state index in [0.717, 1.165) is 0 Å². The normalized spacial score (nSPS) is 10.4. The van der Waals surface area contributed by atoms with E-state index in [-0.39, 0.29) is 0 Å². The summed E-state index contributed by atoms with van der Waals surface area (Å²) in [5.74, 6) is 5.81. The fourth-order valence-corrected chi connectivity index (χ4v) is 1.80. The van der Waals surface area contributed by atoms with Crippen molar-refractivity contribution in [2.45, 2.75) is 32.8 Å². The number of amides is 1. The molecular weight excluding hydrogens is 297 g/mol. The second-order valence-electron chi connectivity index (χ2n) is 5.08. The van der Waals surface area contributed by atoms with Crippen molar-refractivity contribution >= 4 is 29.3 Å². The first-order chi connectivity index (χ1) is 9.29. The van der Waals surface area contributed by atoms with Crippen LogP contribution in [0.3, 0.4) is 0 Å². The van der Waals surface area contributed by atoms with Crippen molar-refractivity contribution in [2.75, 3.05) is 6.54 Å². The van der Waals surface area contributed by atoms with Crippen molar-refractivity contribution in [3.63, 3.8) is 0 Å². The molecule has 3 nitrogen and oxygen atoms in total. The Labute approximate surface area is 129 Å². The van der Waals surface area contributed by atoms with Crippen LogP contribution in [0.15, 0.2) is 18.2 Å². The number of carbonyl (C=O) groups is 1. The van der Waals surface area contributed by atoms with Gasteiger partial charge in [0, 0.05) is 13.0 Å². The molecule has 1 aromatic carbocycles. The number of hydrogen-bond donors (Lipinski definition) is 1. The Hall–Kier alpha value is -1.37. The van der Waals surface area contributed by atoms with Gasteiger partial charge in [0.2, 0.25) is 0 Å². The highest BCUT2D eigenvalue weighted by Gasteiger charge is 2.15. The lowest BCUT2D eigenvalue weighted by Gasteiger charge is -2.19. The first-order valence-corrected chi connectivity index (χ1v) is 6.95. The van der Waals surface area contributed by atoms with E-state index in [1.807, 2.05) is 20.8 Å². The molecule has 5 heteroatoms. The Balaban J connectivity index is 2.43. The van der Waals surface area contributed by atoms with Crippen molar-refractivity contribution < 1.29 is 9.53 Å². The molecule has 0 saturated carbocycles. The summed E-state index contributed by atoms with van der Waals surface area (Å²) in [7, 11) is 0. The van der Waals surface area contributed by atoms with Gasteiger partial charge in [-0.1, -0.05) is 41.1 Å². The first-order valence-electron chi connectivity index (χ1n) is 6.19. The summed E-state index contributed by atoms with van der Waals surface area (Å²) in [6, 6.07) is 5.23. The molecule has 0 aliphatic heterocycles. The van der Waals surface area contributed by atoms with Crippen LogP contribution in [0, 0.1) is 11.8 Å². The predicted molar refractivity (Wildman–Crippen MR) is 82.2 cm³/mol. The number of alkyl carbamates (subject to hydrolysis) is 1. The monoisotopic (exact) mass is 313 g/mol. The molecule has 20 heavy (non-hydrogen) atoms. The molecule has 1 amide bonds. The molecule has 1 rings (SSSR count). The zero-order chi connectivity index (χ0) is 15.2. The van der Waals surface area contributed by atoms with Crippen LogP contribution in [0.5, 0.6) is 0 Å². The van der Waals surface area contributed by atoms with Gasteiger partial charge >= 0.3 is 6.09 Å². The van der Waals surface area contributed by atoms with E-state index in [1.165, 1.54) is 0 Å². The van der Waals surface area contributed by atoms with Crippen molar-refractivity contribution in [2.24, 2.45) is 0 Å². The highest BCUT2D eigenvalue weighted by molar-refractivity contribution is 6.36. The maximum Gasteiger partial charge on any atom is 0.407 e. The fraction of sp³-hybridized carbons (Fsp3) is 0.400. The number of hydrogen-bond acceptors (Lipinski definition) is 2. The van der Waals surface area contributed by atoms with Gasteiger partial charge in [0.25, 0.3) is 0 Å². The Bertz CT molecular complexity index is 519. The van der Waals surface area contributed by atoms with Crippen molar-refractivity contribution in [1.29, 1.82) is 0 Å². The Kier molecular flexibility index (Phi) is 6.19. The van der Waals surface area contributed by atoms with Gasteiger partial charge in [-0.05, 0) is 32.9 Å². The van der Waals surface area contributed by atoms with E-state index < -0.39 is 11.7 Å². The number of carbonyl (C=O) groups excluding carboxylic acids is 1. The molecule has 0 aromatic heterocycles. The number of benzene rings is 1. The van der Waals surface area contributed by atoms with Gasteiger partial charge in [-0.3, -0.25) is 0 Å². The summed E-state index contributed by atoms with van der Waals surface area (Å²) in [5.41, 5.74) is 0.106. The van der Waals surface area contributed by atoms with Crippen molar-refractivity contribution in [3.05, 3.63) is 33.8 Å². The lowest BCUT2D eigenvalue weighted by atomic mass is 10.2. The van der Waals surface area contributed by atoms with Crippen LogP contribution >= 0.6 is 23.2 Å². The van der Waals surface area contributed by atoms with Crippen LogP contribution < -0.4 is 5.32 Å². The van der Waals surface area contributed by atoms with Crippen LogP contribution in [0.25, 0.3) is 0 Å². The second-order valence-corrected chi connectivity index (χ2v) is 5.89. The van der Waals surface area contributed by atoms with Crippen LogP contribution in [0.4, 0.5) is 4.79 Å². The summed E-state index contributed by atoms with van der Waals surface area (Å²) in [6.07, 6.45) is 0.0379. The highest BCUT2D eigenvalue weighted by atomic mass is 35.5. The Morgan fingerprint density at radius 1 is 1.30 bits per heavy atom. The molecule has 0 heterocycles. The molecule has 0 aliphatic carbocycles. The molecule has 0 aliphatic rings. The van der Waals surface area contributed by atoms with Gasteiger partial charge in [-0.2, -0.15) is 0 Å². The van der Waals surface area contributed by atoms with Crippen LogP contribution in [0.2, 0.25) is 10.0 Å². The third-order valence-electron chi connectivity index (χ3n) is 2.09. The average Bonchev–Trinajstić information content (AvgIpc) is 2.29. The molecule has 0 radical (unpaired) electrons. The lowest BCUT2D eigenvalue weighted by molar-refractivity contribution is 0.0529. The largest absolute Gasteiger partial charge is 0.444 e. The van der Waals surface area contributed by atoms with Gasteiger partial charge < -0.3 is 10.1 Å². The van der Waals surface area contributed by atoms with E-state index >= 15 is 0 Å². The minimum Gasteiger partial charge on any atom is -0.444 e. The van der Waals surface area contributed by atoms with E-state index in [4.69, 9.17) is 27.9 Å². The quantitative estimate of drug-likeness (QED) is 0.654. The maximum atomic E-state index is 11.4. The highest BCUT2D eigenvalue weighted by Crippen LogP contribution is 2.22. The maximum absolute atomic E-state index is 11.4. The molecule has 1 aromatic rings. The van der Waals surface area contributed by atoms with E-state index in [1.54, 1.807) is 18.2 Å². The van der Waals surface area contributed by atoms with E-state index in [2.05, 4.69) is 17.2 Å². The summed E-state index contributed by atoms with van der Waals surface area (Å²) in [6.45, 7) is 5.84. The predicted octanol–water partition coefficient (Wildman–Crippen LogP) is 4.26. The number of ether oxygens (including phenoxy) is 1. The zero-order valence-corrected chi connectivity index (χ0v) is 13.2. The third kappa shape index (κ3) is 6.18. The SMILES string of the molecule is CC(C)(C)OC(=O)NCCC#Cc1c(Cl)cccc1Cl. The van der Waals surface area contributed by atoms with Crippen molar-refractivity contribution in [3.8, 4) is 11.8 Å². The fourth-order valence-electron chi connectivity index (χ4n) is 1.31. The molecule has 0 fully saturated rings. The minimum atomic E-state index is -0.499. The third-order valence-corrected chi connectivity index (χ3v) is 2.72. The molecule has 108 valence electrons. The van der Waals surface area contributed by atoms with Crippen LogP contribution in [-0.2, 0) is 4.74 Å². The number of nitrogens with one attached hydrogen (secondary N) is 1. The van der Waals surface area contributed by atoms with Crippen LogP contribution in [-0.4, -0.2) is 18.2 Å². The molecule has 0 unspecified atom stereocenters. The molecule has 0 atom stereocenters. The van der Waals surface area contributed by atoms with Gasteiger partial charge in [-0.15, -0.1) is 0 Å². The second kappa shape index (κ2) is 7.42. The molecular formula is C15H17Cl2NO2. The number of rotatable bonds is 2. The standard InChI is InChI=1S/C15H17Cl2NO2/c1-15(2,3)20-14(19)18-10-5-4-7-11-12(16)8-6-9-13(11)17/h6,8-9H,5,10H2,1-3H3,(H,18,19). The molecule has 1 N–H and O–H groups in total. The van der Waals surface area contributed by atoms with Gasteiger partial charge in [0.1, 0.15) is 5.60 Å². The van der Waals surface area contributed by atoms with Crippen molar-refractivity contribution in [1.82, 2.24) is 5.32 Å².